The zero-order valence-corrected chi connectivity index (χ0v) is 18.7. The number of aliphatic carboxylic acids is 1. The van der Waals surface area contributed by atoms with Gasteiger partial charge in [-0.25, -0.2) is 9.59 Å². The number of benzene rings is 2. The monoisotopic (exact) mass is 464 g/mol. The van der Waals surface area contributed by atoms with Crippen molar-refractivity contribution in [1.29, 1.82) is 0 Å². The first-order valence-corrected chi connectivity index (χ1v) is 11.7. The molecule has 2 aromatic carbocycles. The van der Waals surface area contributed by atoms with Gasteiger partial charge >= 0.3 is 12.1 Å². The summed E-state index contributed by atoms with van der Waals surface area (Å²) in [7, 11) is 0. The second kappa shape index (κ2) is 8.76. The molecule has 178 valence electrons. The molecule has 0 spiro atoms. The maximum absolute atomic E-state index is 12.6. The van der Waals surface area contributed by atoms with Gasteiger partial charge in [0.15, 0.2) is 6.10 Å². The molecule has 2 aromatic rings. The Kier molecular flexibility index (Phi) is 5.77. The number of amides is 2. The number of ether oxygens (including phenoxy) is 1. The van der Waals surface area contributed by atoms with E-state index in [9.17, 15) is 19.5 Å². The lowest BCUT2D eigenvalue weighted by Gasteiger charge is -2.19. The Bertz CT molecular complexity index is 1090. The topological polar surface area (TPSA) is 125 Å². The molecule has 34 heavy (non-hydrogen) atoms. The molecule has 0 unspecified atom stereocenters. The van der Waals surface area contributed by atoms with Crippen LogP contribution in [-0.4, -0.2) is 53.5 Å². The fourth-order valence-electron chi connectivity index (χ4n) is 5.72. The lowest BCUT2D eigenvalue weighted by Crippen LogP contribution is -2.39. The van der Waals surface area contributed by atoms with Crippen molar-refractivity contribution in [2.75, 3.05) is 13.2 Å². The highest BCUT2D eigenvalue weighted by molar-refractivity contribution is 5.87. The number of aliphatic hydroxyl groups is 1. The van der Waals surface area contributed by atoms with Gasteiger partial charge in [-0.1, -0.05) is 48.5 Å². The van der Waals surface area contributed by atoms with E-state index in [-0.39, 0.29) is 43.4 Å². The van der Waals surface area contributed by atoms with Crippen molar-refractivity contribution in [2.45, 2.75) is 43.7 Å². The first-order valence-electron chi connectivity index (χ1n) is 11.7. The van der Waals surface area contributed by atoms with Gasteiger partial charge in [0.05, 0.1) is 5.41 Å². The van der Waals surface area contributed by atoms with Crippen LogP contribution < -0.4 is 10.6 Å². The van der Waals surface area contributed by atoms with Gasteiger partial charge in [-0.15, -0.1) is 0 Å². The number of nitrogens with one attached hydrogen (secondary N) is 2. The van der Waals surface area contributed by atoms with Crippen LogP contribution in [0.2, 0.25) is 0 Å². The third kappa shape index (κ3) is 4.03. The summed E-state index contributed by atoms with van der Waals surface area (Å²) in [5.41, 5.74) is 4.15. The van der Waals surface area contributed by atoms with Crippen LogP contribution in [0.1, 0.15) is 42.7 Å². The molecule has 0 aliphatic heterocycles. The molecule has 0 aromatic heterocycles. The van der Waals surface area contributed by atoms with Crippen LogP contribution in [0.5, 0.6) is 0 Å². The number of carbonyl (C=O) groups excluding carboxylic acids is 2. The van der Waals surface area contributed by atoms with E-state index in [4.69, 9.17) is 9.84 Å². The molecule has 8 heteroatoms. The summed E-state index contributed by atoms with van der Waals surface area (Å²) in [6, 6.07) is 16.2. The van der Waals surface area contributed by atoms with Gasteiger partial charge in [-0.05, 0) is 47.4 Å². The molecule has 3 aliphatic carbocycles. The van der Waals surface area contributed by atoms with E-state index < -0.39 is 23.6 Å². The van der Waals surface area contributed by atoms with Gasteiger partial charge in [-0.3, -0.25) is 4.79 Å². The van der Waals surface area contributed by atoms with Crippen LogP contribution in [0.25, 0.3) is 11.1 Å². The average Bonchev–Trinajstić information content (AvgIpc) is 3.26. The average molecular weight is 465 g/mol. The Balaban J connectivity index is 1.12. The zero-order chi connectivity index (χ0) is 23.9. The third-order valence-electron chi connectivity index (χ3n) is 7.52. The molecule has 0 heterocycles. The summed E-state index contributed by atoms with van der Waals surface area (Å²) in [5.74, 6) is -1.24. The molecule has 0 saturated heterocycles. The first kappa shape index (κ1) is 22.4. The predicted molar refractivity (Wildman–Crippen MR) is 123 cm³/mol. The summed E-state index contributed by atoms with van der Waals surface area (Å²) in [6.45, 7) is 0.346. The Labute approximate surface area is 197 Å². The second-order valence-electron chi connectivity index (χ2n) is 9.56. The maximum atomic E-state index is 12.6. The number of hydrogen-bond donors (Lipinski definition) is 4. The van der Waals surface area contributed by atoms with Crippen LogP contribution in [-0.2, 0) is 14.3 Å². The lowest BCUT2D eigenvalue weighted by atomic mass is 9.98. The Morgan fingerprint density at radius 1 is 1.03 bits per heavy atom. The normalized spacial score (nSPS) is 25.0. The predicted octanol–water partition coefficient (Wildman–Crippen LogP) is 2.65. The molecule has 3 aliphatic rings. The fraction of sp³-hybridized carbons (Fsp3) is 0.423. The van der Waals surface area contributed by atoms with Crippen molar-refractivity contribution in [3.8, 4) is 11.1 Å². The molecule has 8 nitrogen and oxygen atoms in total. The van der Waals surface area contributed by atoms with Crippen molar-refractivity contribution in [2.24, 2.45) is 11.3 Å². The summed E-state index contributed by atoms with van der Waals surface area (Å²) in [5, 5.41) is 23.7. The minimum Gasteiger partial charge on any atom is -0.479 e. The highest BCUT2D eigenvalue weighted by Gasteiger charge is 2.65. The Morgan fingerprint density at radius 2 is 1.68 bits per heavy atom. The summed E-state index contributed by atoms with van der Waals surface area (Å²) < 4.78 is 5.62. The van der Waals surface area contributed by atoms with E-state index in [0.717, 1.165) is 24.0 Å². The quantitative estimate of drug-likeness (QED) is 0.476. The fourth-order valence-corrected chi connectivity index (χ4v) is 5.72. The Hall–Kier alpha value is -3.39. The number of aliphatic hydroxyl groups excluding tert-OH is 1. The van der Waals surface area contributed by atoms with Crippen LogP contribution in [0.4, 0.5) is 4.79 Å². The molecule has 4 N–H and O–H groups in total. The maximum Gasteiger partial charge on any atom is 0.407 e. The number of alkyl carbamates (subject to hydrolysis) is 1. The van der Waals surface area contributed by atoms with E-state index in [2.05, 4.69) is 34.9 Å². The van der Waals surface area contributed by atoms with Gasteiger partial charge in [0.2, 0.25) is 5.91 Å². The van der Waals surface area contributed by atoms with E-state index in [1.54, 1.807) is 0 Å². The van der Waals surface area contributed by atoms with E-state index >= 15 is 0 Å². The van der Waals surface area contributed by atoms with E-state index in [1.807, 2.05) is 24.3 Å². The molecule has 2 fully saturated rings. The molecule has 2 saturated carbocycles. The van der Waals surface area contributed by atoms with Crippen molar-refractivity contribution >= 4 is 18.0 Å². The highest BCUT2D eigenvalue weighted by atomic mass is 16.5. The molecule has 5 rings (SSSR count). The smallest absolute Gasteiger partial charge is 0.407 e. The van der Waals surface area contributed by atoms with Gasteiger partial charge < -0.3 is 25.6 Å². The number of carboxylic acid groups (broad SMARTS) is 1. The SMILES string of the molecule is O=C(N[C@H]1C[C@@H]2C[C@]2(C(=O)NCC[C@H](O)C(=O)O)C1)OCC1c2ccccc2-c2ccccc21. The largest absolute Gasteiger partial charge is 0.479 e. The van der Waals surface area contributed by atoms with Crippen molar-refractivity contribution in [3.05, 3.63) is 59.7 Å². The zero-order valence-electron chi connectivity index (χ0n) is 18.7. The van der Waals surface area contributed by atoms with Crippen molar-refractivity contribution in [1.82, 2.24) is 10.6 Å². The molecule has 2 amide bonds. The molecule has 0 bridgehead atoms. The lowest BCUT2D eigenvalue weighted by molar-refractivity contribution is -0.147. The van der Waals surface area contributed by atoms with Crippen molar-refractivity contribution < 1.29 is 29.3 Å². The summed E-state index contributed by atoms with van der Waals surface area (Å²) >= 11 is 0. The number of hydrogen-bond acceptors (Lipinski definition) is 5. The summed E-state index contributed by atoms with van der Waals surface area (Å²) in [4.78, 5) is 35.9. The number of rotatable bonds is 8. The van der Waals surface area contributed by atoms with Gasteiger partial charge in [0.25, 0.3) is 0 Å². The third-order valence-corrected chi connectivity index (χ3v) is 7.52. The van der Waals surface area contributed by atoms with Crippen LogP contribution >= 0.6 is 0 Å². The van der Waals surface area contributed by atoms with Crippen molar-refractivity contribution in [3.63, 3.8) is 0 Å². The first-order chi connectivity index (χ1) is 16.4. The Morgan fingerprint density at radius 3 is 2.32 bits per heavy atom. The summed E-state index contributed by atoms with van der Waals surface area (Å²) in [6.07, 6.45) is 0.0180. The molecular weight excluding hydrogens is 436 g/mol. The van der Waals surface area contributed by atoms with Crippen LogP contribution in [0.3, 0.4) is 0 Å². The van der Waals surface area contributed by atoms with Gasteiger partial charge in [0, 0.05) is 24.9 Å². The van der Waals surface area contributed by atoms with E-state index in [1.165, 1.54) is 11.1 Å². The van der Waals surface area contributed by atoms with Crippen LogP contribution in [0, 0.1) is 11.3 Å². The molecule has 4 atom stereocenters. The highest BCUT2D eigenvalue weighted by Crippen LogP contribution is 2.63. The standard InChI is InChI=1S/C26H28N2O6/c29-22(23(30)31)9-10-27-24(32)26-12-15(26)11-16(13-26)28-25(33)34-14-21-19-7-3-1-5-17(19)18-6-2-4-8-20(18)21/h1-8,15-16,21-22,29H,9-14H2,(H,27,32)(H,28,33)(H,30,31)/t15-,16+,22+,26+/m1/s1. The van der Waals surface area contributed by atoms with Gasteiger partial charge in [0.1, 0.15) is 6.61 Å². The van der Waals surface area contributed by atoms with Gasteiger partial charge in [-0.2, -0.15) is 0 Å². The molecule has 0 radical (unpaired) electrons. The molecular formula is C26H28N2O6. The van der Waals surface area contributed by atoms with Crippen LogP contribution in [0.15, 0.2) is 48.5 Å². The number of carbonyl (C=O) groups is 3. The second-order valence-corrected chi connectivity index (χ2v) is 9.56. The number of carboxylic acids is 1. The van der Waals surface area contributed by atoms with E-state index in [0.29, 0.717) is 6.42 Å². The minimum atomic E-state index is -1.49. The minimum absolute atomic E-state index is 0.00611. The number of fused-ring (bicyclic) bond motifs is 4.